The van der Waals surface area contributed by atoms with Crippen LogP contribution in [-0.2, 0) is 0 Å². The van der Waals surface area contributed by atoms with Gasteiger partial charge in [-0.1, -0.05) is 33.3 Å². The van der Waals surface area contributed by atoms with Crippen LogP contribution < -0.4 is 4.74 Å². The van der Waals surface area contributed by atoms with E-state index < -0.39 is 29.9 Å². The van der Waals surface area contributed by atoms with Crippen LogP contribution >= 0.6 is 0 Å². The molecule has 1 nitrogen and oxygen atoms in total. The van der Waals surface area contributed by atoms with Gasteiger partial charge in [0.05, 0.1) is 6.61 Å². The van der Waals surface area contributed by atoms with E-state index in [2.05, 4.69) is 13.8 Å². The van der Waals surface area contributed by atoms with E-state index in [1.54, 1.807) is 0 Å². The maximum Gasteiger partial charge on any atom is 0.200 e. The van der Waals surface area contributed by atoms with Crippen LogP contribution in [0.15, 0.2) is 12.1 Å². The summed E-state index contributed by atoms with van der Waals surface area (Å²) >= 11 is 0. The normalized spacial score (nSPS) is 35.5. The van der Waals surface area contributed by atoms with Crippen molar-refractivity contribution in [3.63, 3.8) is 0 Å². The monoisotopic (exact) mass is 414 g/mol. The summed E-state index contributed by atoms with van der Waals surface area (Å²) in [6, 6.07) is 2.70. The zero-order valence-corrected chi connectivity index (χ0v) is 17.8. The highest BCUT2D eigenvalue weighted by molar-refractivity contribution is 5.34. The standard InChI is InChI=1S/C24H34F4O/c1-4-14-29-19-9-8-18(22(27)23(19)28)17-7-6-16(20(25)21(17)26)15-10-12-24(3,5-2)13-11-15/h8-9,15-17,20-21H,4-7,10-14H2,1-3H3. The number of benzene rings is 1. The second kappa shape index (κ2) is 9.26. The van der Waals surface area contributed by atoms with Crippen molar-refractivity contribution in [1.29, 1.82) is 0 Å². The lowest BCUT2D eigenvalue weighted by Gasteiger charge is -2.44. The van der Waals surface area contributed by atoms with Gasteiger partial charge in [-0.05, 0) is 73.8 Å². The Kier molecular flexibility index (Phi) is 7.16. The lowest BCUT2D eigenvalue weighted by Crippen LogP contribution is -2.42. The summed E-state index contributed by atoms with van der Waals surface area (Å²) in [4.78, 5) is 0. The fourth-order valence-corrected chi connectivity index (χ4v) is 5.25. The van der Waals surface area contributed by atoms with Crippen LogP contribution in [0, 0.1) is 28.9 Å². The molecule has 0 spiro atoms. The molecule has 0 aromatic heterocycles. The highest BCUT2D eigenvalue weighted by Gasteiger charge is 2.46. The Morgan fingerprint density at radius 3 is 2.28 bits per heavy atom. The zero-order chi connectivity index (χ0) is 21.2. The summed E-state index contributed by atoms with van der Waals surface area (Å²) in [5.74, 6) is -3.45. The van der Waals surface area contributed by atoms with E-state index in [9.17, 15) is 8.78 Å². The van der Waals surface area contributed by atoms with E-state index in [1.165, 1.54) is 12.1 Å². The molecular weight excluding hydrogens is 380 g/mol. The minimum atomic E-state index is -1.80. The molecule has 4 unspecified atom stereocenters. The molecule has 4 atom stereocenters. The summed E-state index contributed by atoms with van der Waals surface area (Å²) in [5, 5.41) is 0. The number of halogens is 4. The van der Waals surface area contributed by atoms with Gasteiger partial charge in [-0.25, -0.2) is 13.2 Å². The maximum atomic E-state index is 15.1. The minimum Gasteiger partial charge on any atom is -0.490 e. The average molecular weight is 415 g/mol. The molecule has 2 fully saturated rings. The van der Waals surface area contributed by atoms with E-state index in [0.29, 0.717) is 24.7 Å². The predicted octanol–water partition coefficient (Wildman–Crippen LogP) is 7.53. The van der Waals surface area contributed by atoms with Crippen molar-refractivity contribution in [3.8, 4) is 5.75 Å². The van der Waals surface area contributed by atoms with Gasteiger partial charge in [0, 0.05) is 5.92 Å². The van der Waals surface area contributed by atoms with Gasteiger partial charge in [0.2, 0.25) is 5.82 Å². The van der Waals surface area contributed by atoms with Gasteiger partial charge >= 0.3 is 0 Å². The lowest BCUT2D eigenvalue weighted by atomic mass is 9.63. The van der Waals surface area contributed by atoms with Crippen molar-refractivity contribution < 1.29 is 22.3 Å². The third kappa shape index (κ3) is 4.59. The summed E-state index contributed by atoms with van der Waals surface area (Å²) < 4.78 is 64.3. The van der Waals surface area contributed by atoms with Crippen molar-refractivity contribution >= 4 is 0 Å². The van der Waals surface area contributed by atoms with Crippen molar-refractivity contribution in [2.75, 3.05) is 6.61 Å². The molecule has 0 heterocycles. The molecule has 2 saturated carbocycles. The first-order valence-electron chi connectivity index (χ1n) is 11.2. The summed E-state index contributed by atoms with van der Waals surface area (Å²) in [5.41, 5.74) is 0.249. The molecular formula is C24H34F4O. The Hall–Kier alpha value is -1.26. The smallest absolute Gasteiger partial charge is 0.200 e. The van der Waals surface area contributed by atoms with Gasteiger partial charge in [-0.2, -0.15) is 4.39 Å². The molecule has 0 N–H and O–H groups in total. The Balaban J connectivity index is 1.70. The molecule has 0 aliphatic heterocycles. The average Bonchev–Trinajstić information content (AvgIpc) is 2.72. The van der Waals surface area contributed by atoms with Crippen LogP contribution in [0.3, 0.4) is 0 Å². The van der Waals surface area contributed by atoms with Gasteiger partial charge < -0.3 is 4.74 Å². The summed E-state index contributed by atoms with van der Waals surface area (Å²) in [6.07, 6.45) is 3.19. The van der Waals surface area contributed by atoms with E-state index in [-0.39, 0.29) is 29.8 Å². The molecule has 5 heteroatoms. The van der Waals surface area contributed by atoms with Crippen LogP contribution in [-0.4, -0.2) is 19.0 Å². The third-order valence-electron chi connectivity index (χ3n) is 7.54. The Bertz CT molecular complexity index is 684. The molecule has 1 aromatic rings. The molecule has 0 amide bonds. The van der Waals surface area contributed by atoms with Crippen molar-refractivity contribution in [2.45, 2.75) is 90.4 Å². The Morgan fingerprint density at radius 2 is 1.66 bits per heavy atom. The Morgan fingerprint density at radius 1 is 0.966 bits per heavy atom. The van der Waals surface area contributed by atoms with Crippen LogP contribution in [0.2, 0.25) is 0 Å². The molecule has 0 bridgehead atoms. The maximum absolute atomic E-state index is 15.1. The highest BCUT2D eigenvalue weighted by Crippen LogP contribution is 2.50. The first kappa shape index (κ1) is 22.4. The fraction of sp³-hybridized carbons (Fsp3) is 0.750. The Labute approximate surface area is 172 Å². The molecule has 0 saturated heterocycles. The third-order valence-corrected chi connectivity index (χ3v) is 7.54. The van der Waals surface area contributed by atoms with Crippen LogP contribution in [0.5, 0.6) is 5.75 Å². The van der Waals surface area contributed by atoms with Crippen molar-refractivity contribution in [2.24, 2.45) is 17.3 Å². The number of ether oxygens (including phenoxy) is 1. The van der Waals surface area contributed by atoms with Gasteiger partial charge in [0.15, 0.2) is 11.6 Å². The van der Waals surface area contributed by atoms with Gasteiger partial charge in [-0.15, -0.1) is 0 Å². The first-order chi connectivity index (χ1) is 13.8. The molecule has 2 aliphatic rings. The van der Waals surface area contributed by atoms with Crippen LogP contribution in [0.4, 0.5) is 17.6 Å². The van der Waals surface area contributed by atoms with E-state index in [4.69, 9.17) is 4.74 Å². The van der Waals surface area contributed by atoms with Crippen LogP contribution in [0.1, 0.15) is 83.6 Å². The largest absolute Gasteiger partial charge is 0.490 e. The van der Waals surface area contributed by atoms with E-state index >= 15 is 8.78 Å². The summed E-state index contributed by atoms with van der Waals surface area (Å²) in [6.45, 7) is 6.60. The van der Waals surface area contributed by atoms with Crippen molar-refractivity contribution in [3.05, 3.63) is 29.3 Å². The number of alkyl halides is 2. The first-order valence-corrected chi connectivity index (χ1v) is 11.2. The van der Waals surface area contributed by atoms with Crippen molar-refractivity contribution in [1.82, 2.24) is 0 Å². The zero-order valence-electron chi connectivity index (χ0n) is 17.8. The quantitative estimate of drug-likeness (QED) is 0.437. The molecule has 1 aromatic carbocycles. The molecule has 29 heavy (non-hydrogen) atoms. The summed E-state index contributed by atoms with van der Waals surface area (Å²) in [7, 11) is 0. The highest BCUT2D eigenvalue weighted by atomic mass is 19.2. The topological polar surface area (TPSA) is 9.23 Å². The molecule has 2 aliphatic carbocycles. The minimum absolute atomic E-state index is 0.0675. The fourth-order valence-electron chi connectivity index (χ4n) is 5.25. The van der Waals surface area contributed by atoms with Gasteiger partial charge in [-0.3, -0.25) is 0 Å². The SMILES string of the molecule is CCCOc1ccc(C2CCC(C3CCC(C)(CC)CC3)C(F)C2F)c(F)c1F. The number of rotatable bonds is 6. The molecule has 0 radical (unpaired) electrons. The van der Waals surface area contributed by atoms with E-state index in [0.717, 1.165) is 32.1 Å². The second-order valence-electron chi connectivity index (χ2n) is 9.37. The predicted molar refractivity (Wildman–Crippen MR) is 108 cm³/mol. The van der Waals surface area contributed by atoms with Gasteiger partial charge in [0.25, 0.3) is 0 Å². The van der Waals surface area contributed by atoms with E-state index in [1.807, 2.05) is 6.92 Å². The molecule has 164 valence electrons. The second-order valence-corrected chi connectivity index (χ2v) is 9.37. The molecule has 3 rings (SSSR count). The van der Waals surface area contributed by atoms with Crippen LogP contribution in [0.25, 0.3) is 0 Å². The lowest BCUT2D eigenvalue weighted by molar-refractivity contribution is -0.000229. The number of hydrogen-bond acceptors (Lipinski definition) is 1. The van der Waals surface area contributed by atoms with Gasteiger partial charge in [0.1, 0.15) is 12.3 Å². The number of hydrogen-bond donors (Lipinski definition) is 0.